The molecule has 25 heavy (non-hydrogen) atoms. The van der Waals surface area contributed by atoms with Crippen molar-refractivity contribution in [3.63, 3.8) is 0 Å². The van der Waals surface area contributed by atoms with Gasteiger partial charge in [-0.1, -0.05) is 18.2 Å². The highest BCUT2D eigenvalue weighted by Gasteiger charge is 2.29. The van der Waals surface area contributed by atoms with Crippen LogP contribution in [0.1, 0.15) is 30.5 Å². The lowest BCUT2D eigenvalue weighted by atomic mass is 10.0. The molecule has 0 radical (unpaired) electrons. The lowest BCUT2D eigenvalue weighted by Crippen LogP contribution is -2.24. The smallest absolute Gasteiger partial charge is 0.157 e. The lowest BCUT2D eigenvalue weighted by molar-refractivity contribution is 0.138. The van der Waals surface area contributed by atoms with Gasteiger partial charge in [-0.15, -0.1) is 0 Å². The summed E-state index contributed by atoms with van der Waals surface area (Å²) in [5, 5.41) is 7.79. The largest absolute Gasteiger partial charge is 0.487 e. The zero-order valence-electron chi connectivity index (χ0n) is 14.6. The van der Waals surface area contributed by atoms with Crippen LogP contribution in [0.3, 0.4) is 0 Å². The first-order valence-electron chi connectivity index (χ1n) is 8.56. The number of nitrogens with zero attached hydrogens (tertiary/aromatic N) is 3. The Morgan fingerprint density at radius 2 is 2.08 bits per heavy atom. The third-order valence-corrected chi connectivity index (χ3v) is 4.36. The maximum absolute atomic E-state index is 5.94. The highest BCUT2D eigenvalue weighted by atomic mass is 16.5. The number of aromatic nitrogens is 3. The number of benzene rings is 1. The summed E-state index contributed by atoms with van der Waals surface area (Å²) in [6.07, 6.45) is 6.43. The highest BCUT2D eigenvalue weighted by molar-refractivity contribution is 5.42. The molecule has 2 aromatic heterocycles. The minimum absolute atomic E-state index is 0.0945. The monoisotopic (exact) mass is 334 g/mol. The van der Waals surface area contributed by atoms with E-state index in [1.54, 1.807) is 17.1 Å². The first-order valence-corrected chi connectivity index (χ1v) is 8.56. The second-order valence-corrected chi connectivity index (χ2v) is 7.02. The van der Waals surface area contributed by atoms with Crippen LogP contribution in [0, 0.1) is 0 Å². The van der Waals surface area contributed by atoms with E-state index in [0.29, 0.717) is 0 Å². The Bertz CT molecular complexity index is 871. The first-order chi connectivity index (χ1) is 12.1. The van der Waals surface area contributed by atoms with Crippen LogP contribution in [-0.2, 0) is 19.5 Å². The molecule has 0 atom stereocenters. The van der Waals surface area contributed by atoms with Gasteiger partial charge >= 0.3 is 0 Å². The Balaban J connectivity index is 1.43. The van der Waals surface area contributed by atoms with Crippen molar-refractivity contribution < 1.29 is 4.74 Å². The van der Waals surface area contributed by atoms with Crippen molar-refractivity contribution in [2.75, 3.05) is 0 Å². The average molecular weight is 334 g/mol. The van der Waals surface area contributed by atoms with E-state index >= 15 is 0 Å². The van der Waals surface area contributed by atoms with Gasteiger partial charge in [0.25, 0.3) is 0 Å². The van der Waals surface area contributed by atoms with Gasteiger partial charge in [0.1, 0.15) is 11.4 Å². The van der Waals surface area contributed by atoms with Gasteiger partial charge < -0.3 is 10.1 Å². The maximum atomic E-state index is 5.94. The third kappa shape index (κ3) is 3.42. The molecule has 0 fully saturated rings. The molecule has 0 unspecified atom stereocenters. The van der Waals surface area contributed by atoms with Crippen LogP contribution in [0.25, 0.3) is 5.82 Å². The van der Waals surface area contributed by atoms with Crippen molar-refractivity contribution in [2.24, 2.45) is 0 Å². The van der Waals surface area contributed by atoms with Crippen molar-refractivity contribution in [2.45, 2.75) is 39.0 Å². The van der Waals surface area contributed by atoms with Crippen LogP contribution < -0.4 is 10.1 Å². The van der Waals surface area contributed by atoms with Gasteiger partial charge in [-0.25, -0.2) is 9.67 Å². The van der Waals surface area contributed by atoms with Gasteiger partial charge in [-0.2, -0.15) is 5.10 Å². The topological polar surface area (TPSA) is 52.0 Å². The minimum atomic E-state index is -0.0945. The van der Waals surface area contributed by atoms with Crippen LogP contribution in [-0.4, -0.2) is 20.4 Å². The van der Waals surface area contributed by atoms with Gasteiger partial charge in [0, 0.05) is 43.7 Å². The van der Waals surface area contributed by atoms with Gasteiger partial charge in [0.15, 0.2) is 5.82 Å². The van der Waals surface area contributed by atoms with Crippen LogP contribution >= 0.6 is 0 Å². The molecular weight excluding hydrogens is 312 g/mol. The molecule has 5 heteroatoms. The lowest BCUT2D eigenvalue weighted by Gasteiger charge is -2.16. The Morgan fingerprint density at radius 3 is 2.92 bits per heavy atom. The maximum Gasteiger partial charge on any atom is 0.157 e. The summed E-state index contributed by atoms with van der Waals surface area (Å²) in [6, 6.07) is 12.4. The zero-order valence-corrected chi connectivity index (χ0v) is 14.6. The Kier molecular flexibility index (Phi) is 4.01. The number of pyridine rings is 1. The van der Waals surface area contributed by atoms with E-state index in [1.165, 1.54) is 11.1 Å². The quantitative estimate of drug-likeness (QED) is 0.778. The van der Waals surface area contributed by atoms with E-state index in [0.717, 1.165) is 36.6 Å². The van der Waals surface area contributed by atoms with E-state index in [9.17, 15) is 0 Å². The van der Waals surface area contributed by atoms with E-state index in [-0.39, 0.29) is 5.60 Å². The second kappa shape index (κ2) is 6.33. The number of hydrogen-bond acceptors (Lipinski definition) is 4. The molecule has 1 aliphatic rings. The predicted molar refractivity (Wildman–Crippen MR) is 96.8 cm³/mol. The SMILES string of the molecule is CC1(C)Cc2cc(CNCc3cccnc3-n3cccn3)ccc2O1. The number of nitrogens with one attached hydrogen (secondary N) is 1. The van der Waals surface area contributed by atoms with E-state index < -0.39 is 0 Å². The fourth-order valence-electron chi connectivity index (χ4n) is 3.28. The van der Waals surface area contributed by atoms with Crippen molar-refractivity contribution in [3.8, 4) is 11.6 Å². The van der Waals surface area contributed by atoms with Crippen molar-refractivity contribution in [1.82, 2.24) is 20.1 Å². The number of ether oxygens (including phenoxy) is 1. The summed E-state index contributed by atoms with van der Waals surface area (Å²) < 4.78 is 7.74. The molecule has 3 heterocycles. The molecule has 0 spiro atoms. The van der Waals surface area contributed by atoms with Gasteiger partial charge in [-0.05, 0) is 43.2 Å². The van der Waals surface area contributed by atoms with Crippen LogP contribution in [0.4, 0.5) is 0 Å². The molecule has 5 nitrogen and oxygen atoms in total. The highest BCUT2D eigenvalue weighted by Crippen LogP contribution is 2.35. The third-order valence-electron chi connectivity index (χ3n) is 4.36. The van der Waals surface area contributed by atoms with Crippen molar-refractivity contribution >= 4 is 0 Å². The summed E-state index contributed by atoms with van der Waals surface area (Å²) in [7, 11) is 0. The molecule has 0 bridgehead atoms. The van der Waals surface area contributed by atoms with Crippen molar-refractivity contribution in [1.29, 1.82) is 0 Å². The minimum Gasteiger partial charge on any atom is -0.487 e. The summed E-state index contributed by atoms with van der Waals surface area (Å²) >= 11 is 0. The van der Waals surface area contributed by atoms with Crippen LogP contribution in [0.2, 0.25) is 0 Å². The summed E-state index contributed by atoms with van der Waals surface area (Å²) in [6.45, 7) is 5.80. The Morgan fingerprint density at radius 1 is 1.16 bits per heavy atom. The van der Waals surface area contributed by atoms with Gasteiger partial charge in [-0.3, -0.25) is 0 Å². The fraction of sp³-hybridized carbons (Fsp3) is 0.300. The van der Waals surface area contributed by atoms with Crippen LogP contribution in [0.15, 0.2) is 55.0 Å². The van der Waals surface area contributed by atoms with Gasteiger partial charge in [0.2, 0.25) is 0 Å². The normalized spacial score (nSPS) is 15.0. The second-order valence-electron chi connectivity index (χ2n) is 7.02. The Hall–Kier alpha value is -2.66. The zero-order chi connectivity index (χ0) is 17.3. The molecule has 0 saturated carbocycles. The molecule has 1 N–H and O–H groups in total. The molecule has 128 valence electrons. The van der Waals surface area contributed by atoms with E-state index in [4.69, 9.17) is 4.74 Å². The molecule has 1 aliphatic heterocycles. The van der Waals surface area contributed by atoms with Crippen molar-refractivity contribution in [3.05, 3.63) is 71.7 Å². The molecular formula is C20H22N4O. The molecule has 0 saturated heterocycles. The standard InChI is InChI=1S/C20H22N4O/c1-20(2)12-17-11-15(6-7-18(17)25-20)13-21-14-16-5-3-8-22-19(16)24-10-4-9-23-24/h3-11,21H,12-14H2,1-2H3. The van der Waals surface area contributed by atoms with Crippen LogP contribution in [0.5, 0.6) is 5.75 Å². The fourth-order valence-corrected chi connectivity index (χ4v) is 3.28. The molecule has 0 aliphatic carbocycles. The number of fused-ring (bicyclic) bond motifs is 1. The number of rotatable bonds is 5. The Labute approximate surface area is 147 Å². The number of hydrogen-bond donors (Lipinski definition) is 1. The predicted octanol–water partition coefficient (Wildman–Crippen LogP) is 3.27. The summed E-state index contributed by atoms with van der Waals surface area (Å²) in [5.74, 6) is 1.88. The molecule has 0 amide bonds. The average Bonchev–Trinajstić information content (AvgIpc) is 3.21. The summed E-state index contributed by atoms with van der Waals surface area (Å²) in [4.78, 5) is 4.45. The van der Waals surface area contributed by atoms with E-state index in [2.05, 4.69) is 53.5 Å². The molecule has 3 aromatic rings. The summed E-state index contributed by atoms with van der Waals surface area (Å²) in [5.41, 5.74) is 3.59. The first kappa shape index (κ1) is 15.8. The van der Waals surface area contributed by atoms with E-state index in [1.807, 2.05) is 18.3 Å². The molecule has 1 aromatic carbocycles. The molecule has 4 rings (SSSR count). The van der Waals surface area contributed by atoms with Gasteiger partial charge in [0.05, 0.1) is 0 Å².